The van der Waals surface area contributed by atoms with Gasteiger partial charge in [-0.05, 0) is 61.3 Å². The SMILES string of the molecule is CC(C)c1noc(N2CCC(COc3ccc(C4=CCC(C(=O)N5CCC(F)(F)C5)CC4)cc3)CC2)n1. The maximum atomic E-state index is 13.5. The van der Waals surface area contributed by atoms with Crippen molar-refractivity contribution in [2.75, 3.05) is 37.7 Å². The summed E-state index contributed by atoms with van der Waals surface area (Å²) in [7, 11) is 0. The van der Waals surface area contributed by atoms with Gasteiger partial charge in [0.1, 0.15) is 5.75 Å². The van der Waals surface area contributed by atoms with Crippen LogP contribution < -0.4 is 9.64 Å². The van der Waals surface area contributed by atoms with Crippen molar-refractivity contribution in [2.45, 2.75) is 64.2 Å². The lowest BCUT2D eigenvalue weighted by molar-refractivity contribution is -0.136. The molecule has 2 saturated heterocycles. The van der Waals surface area contributed by atoms with E-state index in [4.69, 9.17) is 9.26 Å². The molecule has 0 saturated carbocycles. The summed E-state index contributed by atoms with van der Waals surface area (Å²) in [6.07, 6.45) is 5.98. The Morgan fingerprint density at radius 2 is 1.92 bits per heavy atom. The minimum atomic E-state index is -2.74. The van der Waals surface area contributed by atoms with Gasteiger partial charge in [-0.3, -0.25) is 4.79 Å². The summed E-state index contributed by atoms with van der Waals surface area (Å²) < 4.78 is 38.5. The molecule has 0 spiro atoms. The second-order valence-electron chi connectivity index (χ2n) is 10.9. The highest BCUT2D eigenvalue weighted by molar-refractivity contribution is 5.81. The first-order valence-corrected chi connectivity index (χ1v) is 13.4. The zero-order valence-electron chi connectivity index (χ0n) is 21.7. The molecule has 3 aliphatic rings. The maximum Gasteiger partial charge on any atom is 0.324 e. The van der Waals surface area contributed by atoms with Gasteiger partial charge in [-0.25, -0.2) is 8.78 Å². The van der Waals surface area contributed by atoms with Crippen molar-refractivity contribution in [3.8, 4) is 5.75 Å². The summed E-state index contributed by atoms with van der Waals surface area (Å²) in [6.45, 7) is 6.27. The predicted molar refractivity (Wildman–Crippen MR) is 137 cm³/mol. The number of nitrogens with zero attached hydrogens (tertiary/aromatic N) is 4. The summed E-state index contributed by atoms with van der Waals surface area (Å²) in [5.41, 5.74) is 2.33. The van der Waals surface area contributed by atoms with Crippen molar-refractivity contribution in [2.24, 2.45) is 11.8 Å². The Balaban J connectivity index is 1.06. The number of carbonyl (C=O) groups excluding carboxylic acids is 1. The van der Waals surface area contributed by atoms with E-state index in [0.717, 1.165) is 49.5 Å². The molecule has 7 nitrogen and oxygen atoms in total. The van der Waals surface area contributed by atoms with Gasteiger partial charge >= 0.3 is 6.01 Å². The number of halogens is 2. The van der Waals surface area contributed by atoms with E-state index in [-0.39, 0.29) is 30.7 Å². The number of aromatic nitrogens is 2. The fraction of sp³-hybridized carbons (Fsp3) is 0.607. The normalized spacial score (nSPS) is 22.4. The van der Waals surface area contributed by atoms with Crippen LogP contribution in [0.2, 0.25) is 0 Å². The lowest BCUT2D eigenvalue weighted by atomic mass is 9.86. The first kappa shape index (κ1) is 25.7. The van der Waals surface area contributed by atoms with Gasteiger partial charge in [0, 0.05) is 37.9 Å². The molecule has 2 aromatic rings. The van der Waals surface area contributed by atoms with Gasteiger partial charge < -0.3 is 19.1 Å². The lowest BCUT2D eigenvalue weighted by Crippen LogP contribution is -2.36. The van der Waals surface area contributed by atoms with Gasteiger partial charge in [-0.1, -0.05) is 37.2 Å². The topological polar surface area (TPSA) is 71.7 Å². The van der Waals surface area contributed by atoms with Crippen LogP contribution in [0, 0.1) is 11.8 Å². The number of anilines is 1. The number of hydrogen-bond acceptors (Lipinski definition) is 6. The minimum Gasteiger partial charge on any atom is -0.493 e. The molecule has 200 valence electrons. The number of alkyl halides is 2. The van der Waals surface area contributed by atoms with Crippen LogP contribution in [0.3, 0.4) is 0 Å². The van der Waals surface area contributed by atoms with Gasteiger partial charge in [0.05, 0.1) is 13.2 Å². The van der Waals surface area contributed by atoms with Crippen LogP contribution in [0.25, 0.3) is 5.57 Å². The molecule has 3 heterocycles. The second kappa shape index (κ2) is 10.8. The third kappa shape index (κ3) is 6.13. The van der Waals surface area contributed by atoms with Crippen LogP contribution in [-0.2, 0) is 4.79 Å². The highest BCUT2D eigenvalue weighted by atomic mass is 19.3. The van der Waals surface area contributed by atoms with E-state index >= 15 is 0 Å². The first-order chi connectivity index (χ1) is 17.8. The molecule has 1 unspecified atom stereocenters. The molecule has 1 aromatic carbocycles. The standard InChI is InChI=1S/C28H36F2N4O3/c1-19(2)25-31-27(37-32-25)33-14-11-20(12-15-33)17-36-24-9-7-22(8-10-24)21-3-5-23(6-4-21)26(35)34-16-13-28(29,30)18-34/h3,7-10,19-20,23H,4-6,11-18H2,1-2H3. The first-order valence-electron chi connectivity index (χ1n) is 13.4. The average Bonchev–Trinajstić information content (AvgIpc) is 3.55. The van der Waals surface area contributed by atoms with Crippen LogP contribution >= 0.6 is 0 Å². The molecule has 2 fully saturated rings. The Morgan fingerprint density at radius 3 is 2.51 bits per heavy atom. The van der Waals surface area contributed by atoms with Crippen LogP contribution in [-0.4, -0.2) is 59.7 Å². The third-order valence-electron chi connectivity index (χ3n) is 7.78. The van der Waals surface area contributed by atoms with E-state index < -0.39 is 12.5 Å². The van der Waals surface area contributed by atoms with Crippen molar-refractivity contribution in [1.82, 2.24) is 15.0 Å². The minimum absolute atomic E-state index is 0.126. The molecule has 5 rings (SSSR count). The molecule has 1 aliphatic carbocycles. The third-order valence-corrected chi connectivity index (χ3v) is 7.78. The summed E-state index contributed by atoms with van der Waals surface area (Å²) in [4.78, 5) is 20.6. The van der Waals surface area contributed by atoms with Crippen molar-refractivity contribution in [3.05, 3.63) is 41.7 Å². The summed E-state index contributed by atoms with van der Waals surface area (Å²) in [5.74, 6) is -0.722. The Hall–Kier alpha value is -2.97. The van der Waals surface area contributed by atoms with E-state index in [0.29, 0.717) is 31.4 Å². The molecule has 37 heavy (non-hydrogen) atoms. The molecule has 9 heteroatoms. The number of carbonyl (C=O) groups is 1. The van der Waals surface area contributed by atoms with Crippen LogP contribution in [0.15, 0.2) is 34.9 Å². The Labute approximate surface area is 216 Å². The van der Waals surface area contributed by atoms with Crippen molar-refractivity contribution in [3.63, 3.8) is 0 Å². The highest BCUT2D eigenvalue weighted by Gasteiger charge is 2.41. The quantitative estimate of drug-likeness (QED) is 0.483. The number of allylic oxidation sites excluding steroid dienone is 2. The molecule has 1 aromatic heterocycles. The van der Waals surface area contributed by atoms with Crippen LogP contribution in [0.5, 0.6) is 5.75 Å². The molecular formula is C28H36F2N4O3. The van der Waals surface area contributed by atoms with Crippen molar-refractivity contribution < 1.29 is 22.8 Å². The molecule has 0 N–H and O–H groups in total. The maximum absolute atomic E-state index is 13.5. The average molecular weight is 515 g/mol. The Bertz CT molecular complexity index is 1110. The smallest absolute Gasteiger partial charge is 0.324 e. The summed E-state index contributed by atoms with van der Waals surface area (Å²) in [6, 6.07) is 8.74. The van der Waals surface area contributed by atoms with Crippen LogP contribution in [0.1, 0.15) is 69.7 Å². The predicted octanol–water partition coefficient (Wildman–Crippen LogP) is 5.54. The van der Waals surface area contributed by atoms with Crippen LogP contribution in [0.4, 0.5) is 14.8 Å². The molecule has 1 atom stereocenters. The van der Waals surface area contributed by atoms with Gasteiger partial charge in [0.2, 0.25) is 5.91 Å². The Morgan fingerprint density at radius 1 is 1.16 bits per heavy atom. The van der Waals surface area contributed by atoms with Gasteiger partial charge in [-0.2, -0.15) is 4.98 Å². The van der Waals surface area contributed by atoms with Gasteiger partial charge in [-0.15, -0.1) is 0 Å². The van der Waals surface area contributed by atoms with Gasteiger partial charge in [0.25, 0.3) is 5.92 Å². The highest BCUT2D eigenvalue weighted by Crippen LogP contribution is 2.34. The number of rotatable bonds is 7. The number of piperidine rings is 1. The lowest BCUT2D eigenvalue weighted by Gasteiger charge is -2.30. The van der Waals surface area contributed by atoms with Crippen molar-refractivity contribution >= 4 is 17.5 Å². The number of ether oxygens (including phenoxy) is 1. The van der Waals surface area contributed by atoms with E-state index in [9.17, 15) is 13.6 Å². The second-order valence-corrected chi connectivity index (χ2v) is 10.9. The van der Waals surface area contributed by atoms with E-state index in [1.807, 2.05) is 12.1 Å². The molecular weight excluding hydrogens is 478 g/mol. The summed E-state index contributed by atoms with van der Waals surface area (Å²) >= 11 is 0. The zero-order chi connectivity index (χ0) is 26.0. The van der Waals surface area contributed by atoms with Crippen molar-refractivity contribution in [1.29, 1.82) is 0 Å². The molecule has 1 amide bonds. The zero-order valence-corrected chi connectivity index (χ0v) is 21.7. The largest absolute Gasteiger partial charge is 0.493 e. The number of benzene rings is 1. The number of amides is 1. The van der Waals surface area contributed by atoms with E-state index in [1.165, 1.54) is 10.5 Å². The molecule has 0 bridgehead atoms. The molecule has 0 radical (unpaired) electrons. The Kier molecular flexibility index (Phi) is 7.49. The summed E-state index contributed by atoms with van der Waals surface area (Å²) in [5, 5.41) is 4.06. The van der Waals surface area contributed by atoms with Gasteiger partial charge in [0.15, 0.2) is 5.82 Å². The fourth-order valence-corrected chi connectivity index (χ4v) is 5.36. The molecule has 2 aliphatic heterocycles. The van der Waals surface area contributed by atoms with E-state index in [1.54, 1.807) is 0 Å². The number of hydrogen-bond donors (Lipinski definition) is 0. The van der Waals surface area contributed by atoms with E-state index in [2.05, 4.69) is 47.1 Å². The monoisotopic (exact) mass is 514 g/mol. The number of likely N-dealkylation sites (tertiary alicyclic amines) is 1. The fourth-order valence-electron chi connectivity index (χ4n) is 5.36.